The Morgan fingerprint density at radius 3 is 2.37 bits per heavy atom. The van der Waals surface area contributed by atoms with E-state index in [1.807, 2.05) is 98.9 Å². The molecule has 1 radical (unpaired) electrons. The molecule has 0 aliphatic heterocycles. The van der Waals surface area contributed by atoms with Crippen molar-refractivity contribution in [2.45, 2.75) is 13.8 Å². The van der Waals surface area contributed by atoms with E-state index in [4.69, 9.17) is 9.40 Å². The van der Waals surface area contributed by atoms with E-state index in [0.717, 1.165) is 67.1 Å². The fraction of sp³-hybridized carbons (Fsp3) is 0.0556. The van der Waals surface area contributed by atoms with Gasteiger partial charge in [-0.3, -0.25) is 4.98 Å². The van der Waals surface area contributed by atoms with E-state index in [-0.39, 0.29) is 20.1 Å². The number of rotatable bonds is 3. The summed E-state index contributed by atoms with van der Waals surface area (Å²) in [6.07, 6.45) is 3.65. The number of furan rings is 1. The average molecular weight is 736 g/mol. The zero-order valence-corrected chi connectivity index (χ0v) is 25.8. The summed E-state index contributed by atoms with van der Waals surface area (Å²) in [5.41, 5.74) is 8.78. The van der Waals surface area contributed by atoms with Crippen LogP contribution in [0.1, 0.15) is 11.3 Å². The van der Waals surface area contributed by atoms with Crippen LogP contribution in [0, 0.1) is 26.0 Å². The molecule has 5 aromatic heterocycles. The van der Waals surface area contributed by atoms with Crippen LogP contribution >= 0.6 is 0 Å². The summed E-state index contributed by atoms with van der Waals surface area (Å²) in [6.45, 7) is 3.98. The van der Waals surface area contributed by atoms with Gasteiger partial charge in [0.25, 0.3) is 0 Å². The predicted octanol–water partition coefficient (Wildman–Crippen LogP) is 8.35. The van der Waals surface area contributed by atoms with Crippen LogP contribution in [0.25, 0.3) is 61.6 Å². The van der Waals surface area contributed by atoms with E-state index in [9.17, 15) is 0 Å². The Kier molecular flexibility index (Phi) is 7.92. The Labute approximate surface area is 262 Å². The Hall–Kier alpha value is -4.97. The van der Waals surface area contributed by atoms with E-state index < -0.39 is 0 Å². The molecule has 211 valence electrons. The molecule has 3 aromatic carbocycles. The van der Waals surface area contributed by atoms with Gasteiger partial charge in [-0.1, -0.05) is 41.3 Å². The molecular formula is C36H25IrN5O-2. The zero-order valence-electron chi connectivity index (χ0n) is 23.4. The van der Waals surface area contributed by atoms with E-state index in [0.29, 0.717) is 5.71 Å². The van der Waals surface area contributed by atoms with Gasteiger partial charge >= 0.3 is 0 Å². The molecule has 0 aliphatic carbocycles. The van der Waals surface area contributed by atoms with E-state index in [1.54, 1.807) is 6.20 Å². The van der Waals surface area contributed by atoms with Gasteiger partial charge in [-0.2, -0.15) is 0 Å². The number of hydrogen-bond acceptors (Lipinski definition) is 5. The molecule has 0 unspecified atom stereocenters. The summed E-state index contributed by atoms with van der Waals surface area (Å²) in [7, 11) is 0. The van der Waals surface area contributed by atoms with Crippen LogP contribution in [0.3, 0.4) is 0 Å². The van der Waals surface area contributed by atoms with E-state index in [2.05, 4.69) is 55.9 Å². The maximum Gasteiger partial charge on any atom is 0.216 e. The fourth-order valence-electron chi connectivity index (χ4n) is 5.01. The van der Waals surface area contributed by atoms with Gasteiger partial charge in [0.1, 0.15) is 0 Å². The predicted molar refractivity (Wildman–Crippen MR) is 166 cm³/mol. The number of pyridine rings is 3. The number of imidazole rings is 1. The largest absolute Gasteiger partial charge is 0.486 e. The Bertz CT molecular complexity index is 2120. The molecule has 0 spiro atoms. The minimum absolute atomic E-state index is 0. The van der Waals surface area contributed by atoms with Crippen molar-refractivity contribution in [3.63, 3.8) is 0 Å². The molecular weight excluding hydrogens is 711 g/mol. The van der Waals surface area contributed by atoms with Gasteiger partial charge in [-0.25, -0.2) is 9.97 Å². The normalized spacial score (nSPS) is 10.8. The SMILES string of the molecule is Cc1cnc2c(c1)nc(-c1[c-]ccc3c1oc1nc(C)ccc13)n2-c1ccccc1.[Ir].[c-]1ccccc1-c1ccccn1. The quantitative estimate of drug-likeness (QED) is 0.171. The molecule has 0 aliphatic rings. The van der Waals surface area contributed by atoms with Gasteiger partial charge in [-0.15, -0.1) is 54.1 Å². The number of hydrogen-bond donors (Lipinski definition) is 0. The number of aromatic nitrogens is 5. The van der Waals surface area contributed by atoms with Crippen molar-refractivity contribution >= 4 is 33.2 Å². The first kappa shape index (κ1) is 28.2. The van der Waals surface area contributed by atoms with Crippen molar-refractivity contribution in [1.82, 2.24) is 24.5 Å². The average Bonchev–Trinajstić information content (AvgIpc) is 3.60. The van der Waals surface area contributed by atoms with Crippen molar-refractivity contribution in [2.24, 2.45) is 0 Å². The molecule has 0 bridgehead atoms. The van der Waals surface area contributed by atoms with Crippen molar-refractivity contribution < 1.29 is 24.5 Å². The van der Waals surface area contributed by atoms with Gasteiger partial charge < -0.3 is 14.0 Å². The Morgan fingerprint density at radius 2 is 1.58 bits per heavy atom. The molecule has 0 amide bonds. The first-order chi connectivity index (χ1) is 20.7. The summed E-state index contributed by atoms with van der Waals surface area (Å²) in [4.78, 5) is 18.4. The van der Waals surface area contributed by atoms with Crippen LogP contribution in [0.4, 0.5) is 0 Å². The summed E-state index contributed by atoms with van der Waals surface area (Å²) < 4.78 is 8.27. The smallest absolute Gasteiger partial charge is 0.216 e. The summed E-state index contributed by atoms with van der Waals surface area (Å²) >= 11 is 0. The molecule has 0 N–H and O–H groups in total. The monoisotopic (exact) mass is 736 g/mol. The molecule has 8 rings (SSSR count). The first-order valence-corrected chi connectivity index (χ1v) is 13.7. The topological polar surface area (TPSA) is 69.6 Å². The van der Waals surface area contributed by atoms with Crippen molar-refractivity contribution in [2.75, 3.05) is 0 Å². The molecule has 0 atom stereocenters. The zero-order chi connectivity index (χ0) is 28.5. The minimum Gasteiger partial charge on any atom is -0.486 e. The fourth-order valence-corrected chi connectivity index (χ4v) is 5.01. The van der Waals surface area contributed by atoms with Crippen LogP contribution in [-0.2, 0) is 20.1 Å². The van der Waals surface area contributed by atoms with Crippen molar-refractivity contribution in [3.05, 3.63) is 139 Å². The second-order valence-electron chi connectivity index (χ2n) is 9.96. The summed E-state index contributed by atoms with van der Waals surface area (Å²) in [6, 6.07) is 40.3. The van der Waals surface area contributed by atoms with Crippen molar-refractivity contribution in [3.8, 4) is 28.3 Å². The second kappa shape index (κ2) is 12.1. The second-order valence-corrected chi connectivity index (χ2v) is 9.96. The van der Waals surface area contributed by atoms with Gasteiger partial charge in [0.15, 0.2) is 5.65 Å². The molecule has 0 saturated heterocycles. The number of aryl methyl sites for hydroxylation is 2. The first-order valence-electron chi connectivity index (χ1n) is 13.7. The maximum atomic E-state index is 6.21. The van der Waals surface area contributed by atoms with Crippen LogP contribution in [0.5, 0.6) is 0 Å². The van der Waals surface area contributed by atoms with Crippen LogP contribution in [-0.4, -0.2) is 24.5 Å². The van der Waals surface area contributed by atoms with Gasteiger partial charge in [0, 0.05) is 49.3 Å². The number of fused-ring (bicyclic) bond motifs is 4. The van der Waals surface area contributed by atoms with E-state index in [1.165, 1.54) is 0 Å². The molecule has 7 heteroatoms. The third-order valence-corrected chi connectivity index (χ3v) is 6.96. The number of nitrogens with zero attached hydrogens (tertiary/aromatic N) is 5. The number of benzene rings is 3. The van der Waals surface area contributed by atoms with Gasteiger partial charge in [0.05, 0.1) is 16.9 Å². The van der Waals surface area contributed by atoms with Crippen molar-refractivity contribution in [1.29, 1.82) is 0 Å². The minimum atomic E-state index is 0. The summed E-state index contributed by atoms with van der Waals surface area (Å²) in [5, 5.41) is 1.99. The molecule has 8 aromatic rings. The molecule has 5 heterocycles. The Morgan fingerprint density at radius 1 is 0.744 bits per heavy atom. The molecule has 0 saturated carbocycles. The maximum absolute atomic E-state index is 6.21. The molecule has 43 heavy (non-hydrogen) atoms. The van der Waals surface area contributed by atoms with Crippen LogP contribution < -0.4 is 0 Å². The van der Waals surface area contributed by atoms with Crippen LogP contribution in [0.15, 0.2) is 120 Å². The van der Waals surface area contributed by atoms with Crippen LogP contribution in [0.2, 0.25) is 0 Å². The molecule has 6 nitrogen and oxygen atoms in total. The summed E-state index contributed by atoms with van der Waals surface area (Å²) in [5.74, 6) is 0.746. The van der Waals surface area contributed by atoms with Gasteiger partial charge in [0.2, 0.25) is 5.71 Å². The number of para-hydroxylation sites is 1. The van der Waals surface area contributed by atoms with Gasteiger partial charge in [-0.05, 0) is 61.5 Å². The Balaban J connectivity index is 0.000000213. The third kappa shape index (κ3) is 5.48. The third-order valence-electron chi connectivity index (χ3n) is 6.96. The molecule has 0 fully saturated rings. The standard InChI is InChI=1S/C25H17N4O.C11H8N.Ir/c1-15-13-21-24(26-14-15)29(17-7-4-3-5-8-17)23(28-21)20-10-6-9-18-19-12-11-16(2)27-25(19)30-22(18)20;1-2-6-10(7-3-1)11-8-4-5-9-12-11;/h3-9,11-14H,1-2H3;1-6,8-9H;/q2*-1;. The van der Waals surface area contributed by atoms with E-state index >= 15 is 0 Å².